The van der Waals surface area contributed by atoms with Crippen LogP contribution < -0.4 is 5.32 Å². The van der Waals surface area contributed by atoms with E-state index < -0.39 is 11.9 Å². The van der Waals surface area contributed by atoms with Gasteiger partial charge in [-0.1, -0.05) is 5.16 Å². The van der Waals surface area contributed by atoms with Crippen molar-refractivity contribution in [1.29, 1.82) is 0 Å². The van der Waals surface area contributed by atoms with E-state index in [9.17, 15) is 14.4 Å². The second-order valence-corrected chi connectivity index (χ2v) is 6.70. The second kappa shape index (κ2) is 11.0. The summed E-state index contributed by atoms with van der Waals surface area (Å²) in [6.45, 7) is 1.26. The number of carbonyl (C=O) groups is 3. The monoisotopic (exact) mass is 368 g/mol. The highest BCUT2D eigenvalue weighted by molar-refractivity contribution is 5.96. The molecule has 1 amide bonds. The van der Waals surface area contributed by atoms with E-state index in [1.165, 1.54) is 6.21 Å². The van der Waals surface area contributed by atoms with Gasteiger partial charge in [0.05, 0.1) is 25.9 Å². The van der Waals surface area contributed by atoms with Crippen molar-refractivity contribution >= 4 is 23.7 Å². The zero-order valence-corrected chi connectivity index (χ0v) is 15.3. The molecule has 0 heterocycles. The number of nitrogens with zero attached hydrogens (tertiary/aromatic N) is 1. The molecule has 146 valence electrons. The highest BCUT2D eigenvalue weighted by Crippen LogP contribution is 2.34. The maximum Gasteiger partial charge on any atom is 0.261 e. The van der Waals surface area contributed by atoms with Crippen LogP contribution in [0, 0.1) is 11.8 Å². The van der Waals surface area contributed by atoms with E-state index in [4.69, 9.17) is 14.3 Å². The lowest BCUT2D eigenvalue weighted by Gasteiger charge is -2.16. The average Bonchev–Trinajstić information content (AvgIpc) is 3.50. The van der Waals surface area contributed by atoms with E-state index in [0.717, 1.165) is 25.7 Å². The Hall–Kier alpha value is -1.80. The van der Waals surface area contributed by atoms with Crippen molar-refractivity contribution in [2.45, 2.75) is 44.6 Å². The molecule has 0 spiro atoms. The first-order valence-electron chi connectivity index (χ1n) is 9.18. The fourth-order valence-corrected chi connectivity index (χ4v) is 2.47. The third-order valence-electron chi connectivity index (χ3n) is 4.26. The van der Waals surface area contributed by atoms with Gasteiger partial charge in [0.1, 0.15) is 5.78 Å². The molecule has 1 atom stereocenters. The van der Waals surface area contributed by atoms with Crippen molar-refractivity contribution in [1.82, 2.24) is 5.32 Å². The molecule has 1 N–H and O–H groups in total. The van der Waals surface area contributed by atoms with Crippen LogP contribution in [0.3, 0.4) is 0 Å². The van der Waals surface area contributed by atoms with Crippen molar-refractivity contribution in [3.63, 3.8) is 0 Å². The molecule has 0 aromatic carbocycles. The van der Waals surface area contributed by atoms with E-state index in [1.54, 1.807) is 7.11 Å². The number of hydrogen-bond donors (Lipinski definition) is 1. The van der Waals surface area contributed by atoms with Gasteiger partial charge in [0, 0.05) is 38.0 Å². The molecule has 0 aliphatic heterocycles. The number of hydrogen-bond acceptors (Lipinski definition) is 7. The Morgan fingerprint density at radius 3 is 2.50 bits per heavy atom. The predicted molar refractivity (Wildman–Crippen MR) is 93.8 cm³/mol. The van der Waals surface area contributed by atoms with Crippen LogP contribution in [0.4, 0.5) is 0 Å². The highest BCUT2D eigenvalue weighted by atomic mass is 16.6. The van der Waals surface area contributed by atoms with Gasteiger partial charge in [-0.05, 0) is 25.7 Å². The maximum atomic E-state index is 12.3. The minimum absolute atomic E-state index is 0.00986. The maximum absolute atomic E-state index is 12.3. The fourth-order valence-electron chi connectivity index (χ4n) is 2.47. The van der Waals surface area contributed by atoms with Crippen molar-refractivity contribution in [3.05, 3.63) is 0 Å². The van der Waals surface area contributed by atoms with Gasteiger partial charge in [0.15, 0.2) is 12.4 Å². The van der Waals surface area contributed by atoms with Gasteiger partial charge in [0.25, 0.3) is 5.91 Å². The number of rotatable bonds is 15. The Bertz CT molecular complexity index is 514. The Balaban J connectivity index is 1.62. The first-order chi connectivity index (χ1) is 12.6. The van der Waals surface area contributed by atoms with Crippen LogP contribution in [0.1, 0.15) is 38.5 Å². The predicted octanol–water partition coefficient (Wildman–Crippen LogP) is 0.875. The van der Waals surface area contributed by atoms with E-state index in [-0.39, 0.29) is 36.4 Å². The van der Waals surface area contributed by atoms with Crippen LogP contribution >= 0.6 is 0 Å². The number of carbonyl (C=O) groups excluding carboxylic acids is 3. The quantitative estimate of drug-likeness (QED) is 0.261. The number of Topliss-reactive ketones (excluding diaryl/α,β-unsaturated/α-hetero) is 2. The Morgan fingerprint density at radius 1 is 1.12 bits per heavy atom. The Morgan fingerprint density at radius 2 is 1.85 bits per heavy atom. The van der Waals surface area contributed by atoms with Crippen LogP contribution in [0.15, 0.2) is 5.16 Å². The van der Waals surface area contributed by atoms with Crippen LogP contribution in [-0.2, 0) is 28.7 Å². The Kier molecular flexibility index (Phi) is 8.70. The van der Waals surface area contributed by atoms with Crippen LogP contribution in [0.25, 0.3) is 0 Å². The molecule has 26 heavy (non-hydrogen) atoms. The molecule has 2 aliphatic carbocycles. The summed E-state index contributed by atoms with van der Waals surface area (Å²) in [5, 5.41) is 6.31. The second-order valence-electron chi connectivity index (χ2n) is 6.70. The van der Waals surface area contributed by atoms with Crippen molar-refractivity contribution < 1.29 is 28.7 Å². The third kappa shape index (κ3) is 8.05. The molecule has 0 aromatic rings. The molecular weight excluding hydrogens is 340 g/mol. The largest absolute Gasteiger partial charge is 0.386 e. The summed E-state index contributed by atoms with van der Waals surface area (Å²) in [5.74, 6) is -0.348. The fraction of sp³-hybridized carbons (Fsp3) is 0.778. The minimum Gasteiger partial charge on any atom is -0.386 e. The van der Waals surface area contributed by atoms with E-state index in [0.29, 0.717) is 26.2 Å². The average molecular weight is 368 g/mol. The highest BCUT2D eigenvalue weighted by Gasteiger charge is 2.39. The number of methoxy groups -OCH3 is 1. The molecule has 0 aromatic heterocycles. The van der Waals surface area contributed by atoms with Gasteiger partial charge in [-0.2, -0.15) is 0 Å². The topological polar surface area (TPSA) is 103 Å². The van der Waals surface area contributed by atoms with Crippen LogP contribution in [0.2, 0.25) is 0 Å². The van der Waals surface area contributed by atoms with Crippen molar-refractivity contribution in [2.75, 3.05) is 33.5 Å². The zero-order chi connectivity index (χ0) is 18.8. The normalized spacial score (nSPS) is 17.9. The van der Waals surface area contributed by atoms with Crippen LogP contribution in [-0.4, -0.2) is 63.3 Å². The molecule has 8 nitrogen and oxygen atoms in total. The van der Waals surface area contributed by atoms with Gasteiger partial charge in [0.2, 0.25) is 0 Å². The number of nitrogens with one attached hydrogen (secondary N) is 1. The molecule has 2 saturated carbocycles. The summed E-state index contributed by atoms with van der Waals surface area (Å²) in [6, 6.07) is -0.732. The smallest absolute Gasteiger partial charge is 0.261 e. The molecule has 2 fully saturated rings. The first kappa shape index (κ1) is 20.5. The number of amides is 1. The van der Waals surface area contributed by atoms with Gasteiger partial charge >= 0.3 is 0 Å². The zero-order valence-electron chi connectivity index (χ0n) is 15.3. The third-order valence-corrected chi connectivity index (χ3v) is 4.26. The number of oxime groups is 1. The SMILES string of the molecule is COCCOCC/C=N/OCC(=O)N[C@@H](CC(=O)C1CC1)C(=O)C1CC1. The summed E-state index contributed by atoms with van der Waals surface area (Å²) in [5.41, 5.74) is 0. The first-order valence-corrected chi connectivity index (χ1v) is 9.18. The summed E-state index contributed by atoms with van der Waals surface area (Å²) < 4.78 is 10.1. The molecule has 0 radical (unpaired) electrons. The molecule has 2 aliphatic rings. The molecule has 8 heteroatoms. The van der Waals surface area contributed by atoms with Gasteiger partial charge in [-0.25, -0.2) is 0 Å². The lowest BCUT2D eigenvalue weighted by atomic mass is 10.0. The molecule has 0 saturated heterocycles. The number of ether oxygens (including phenoxy) is 2. The summed E-state index contributed by atoms with van der Waals surface area (Å²) in [7, 11) is 1.61. The standard InChI is InChI=1S/C18H28N2O6/c1-24-9-10-25-8-2-7-19-26-12-17(22)20-15(18(23)14-5-6-14)11-16(21)13-3-4-13/h7,13-15H,2-6,8-12H2,1H3,(H,20,22)/b19-7+/t15-/m0/s1. The summed E-state index contributed by atoms with van der Waals surface area (Å²) in [4.78, 5) is 41.2. The Labute approximate surface area is 153 Å². The summed E-state index contributed by atoms with van der Waals surface area (Å²) >= 11 is 0. The number of ketones is 2. The van der Waals surface area contributed by atoms with Gasteiger partial charge in [-0.3, -0.25) is 14.4 Å². The van der Waals surface area contributed by atoms with Crippen LogP contribution in [0.5, 0.6) is 0 Å². The van der Waals surface area contributed by atoms with Gasteiger partial charge < -0.3 is 19.6 Å². The van der Waals surface area contributed by atoms with Gasteiger partial charge in [-0.15, -0.1) is 0 Å². The molecular formula is C18H28N2O6. The lowest BCUT2D eigenvalue weighted by molar-refractivity contribution is -0.133. The minimum atomic E-state index is -0.732. The summed E-state index contributed by atoms with van der Waals surface area (Å²) in [6.07, 6.45) is 5.64. The molecule has 2 rings (SSSR count). The van der Waals surface area contributed by atoms with Crippen molar-refractivity contribution in [2.24, 2.45) is 17.0 Å². The lowest BCUT2D eigenvalue weighted by Crippen LogP contribution is -2.44. The molecule has 0 unspecified atom stereocenters. The van der Waals surface area contributed by atoms with Crippen molar-refractivity contribution in [3.8, 4) is 0 Å². The van der Waals surface area contributed by atoms with E-state index in [1.807, 2.05) is 0 Å². The van der Waals surface area contributed by atoms with E-state index >= 15 is 0 Å². The van der Waals surface area contributed by atoms with E-state index in [2.05, 4.69) is 10.5 Å². The molecule has 0 bridgehead atoms.